The zero-order valence-corrected chi connectivity index (χ0v) is 11.9. The lowest BCUT2D eigenvalue weighted by Gasteiger charge is -2.37. The average molecular weight is 308 g/mol. The van der Waals surface area contributed by atoms with E-state index in [-0.39, 0.29) is 11.8 Å². The summed E-state index contributed by atoms with van der Waals surface area (Å²) < 4.78 is 0. The maximum atomic E-state index is 12.4. The number of imide groups is 1. The van der Waals surface area contributed by atoms with Crippen LogP contribution in [0.15, 0.2) is 24.3 Å². The van der Waals surface area contributed by atoms with Crippen molar-refractivity contribution in [3.63, 3.8) is 0 Å². The molecule has 2 N–H and O–H groups in total. The minimum atomic E-state index is -0.867. The third kappa shape index (κ3) is 2.35. The lowest BCUT2D eigenvalue weighted by Crippen LogP contribution is -2.55. The van der Waals surface area contributed by atoms with E-state index < -0.39 is 11.6 Å². The van der Waals surface area contributed by atoms with Gasteiger partial charge in [-0.2, -0.15) is 0 Å². The number of carbonyl (C=O) groups is 3. The van der Waals surface area contributed by atoms with Gasteiger partial charge in [0.1, 0.15) is 5.54 Å². The smallest absolute Gasteiger partial charge is 0.322 e. The molecule has 4 amide bonds. The Labute approximate surface area is 126 Å². The van der Waals surface area contributed by atoms with Gasteiger partial charge in [0.2, 0.25) is 0 Å². The first-order valence-corrected chi connectivity index (χ1v) is 7.07. The molecule has 2 saturated heterocycles. The van der Waals surface area contributed by atoms with Crippen LogP contribution in [0.25, 0.3) is 0 Å². The molecule has 0 atom stereocenters. The van der Waals surface area contributed by atoms with Crippen LogP contribution in [0.3, 0.4) is 0 Å². The highest BCUT2D eigenvalue weighted by Gasteiger charge is 2.48. The highest BCUT2D eigenvalue weighted by Crippen LogP contribution is 2.27. The van der Waals surface area contributed by atoms with E-state index in [1.165, 1.54) is 0 Å². The zero-order chi connectivity index (χ0) is 15.0. The average Bonchev–Trinajstić information content (AvgIpc) is 2.74. The predicted octanol–water partition coefficient (Wildman–Crippen LogP) is 1.15. The van der Waals surface area contributed by atoms with Gasteiger partial charge in [0.05, 0.1) is 10.6 Å². The van der Waals surface area contributed by atoms with Gasteiger partial charge in [-0.1, -0.05) is 23.7 Å². The molecular weight excluding hydrogens is 294 g/mol. The van der Waals surface area contributed by atoms with Gasteiger partial charge in [-0.15, -0.1) is 0 Å². The number of amides is 4. The molecule has 1 spiro atoms. The van der Waals surface area contributed by atoms with Gasteiger partial charge in [0.25, 0.3) is 11.8 Å². The summed E-state index contributed by atoms with van der Waals surface area (Å²) in [6.45, 7) is 0.801. The Balaban J connectivity index is 1.72. The molecule has 2 aliphatic heterocycles. The second kappa shape index (κ2) is 5.04. The summed E-state index contributed by atoms with van der Waals surface area (Å²) in [7, 11) is 0. The summed E-state index contributed by atoms with van der Waals surface area (Å²) in [4.78, 5) is 37.2. The zero-order valence-electron chi connectivity index (χ0n) is 11.2. The number of benzene rings is 1. The number of piperidine rings is 1. The van der Waals surface area contributed by atoms with Crippen LogP contribution >= 0.6 is 11.6 Å². The number of likely N-dealkylation sites (tertiary alicyclic amines) is 1. The number of nitrogens with zero attached hydrogens (tertiary/aromatic N) is 1. The summed E-state index contributed by atoms with van der Waals surface area (Å²) in [5, 5.41) is 5.33. The number of nitrogens with one attached hydrogen (secondary N) is 2. The molecule has 1 aromatic rings. The van der Waals surface area contributed by atoms with Crippen molar-refractivity contribution in [1.82, 2.24) is 15.5 Å². The lowest BCUT2D eigenvalue weighted by molar-refractivity contribution is -0.125. The highest BCUT2D eigenvalue weighted by atomic mass is 35.5. The van der Waals surface area contributed by atoms with Crippen molar-refractivity contribution < 1.29 is 14.4 Å². The number of hydrogen-bond acceptors (Lipinski definition) is 3. The minimum absolute atomic E-state index is 0.153. The van der Waals surface area contributed by atoms with Gasteiger partial charge in [0.15, 0.2) is 0 Å². The van der Waals surface area contributed by atoms with E-state index in [9.17, 15) is 14.4 Å². The van der Waals surface area contributed by atoms with Gasteiger partial charge >= 0.3 is 6.03 Å². The standard InChI is InChI=1S/C14H14ClN3O3/c15-10-4-2-1-3-9(10)11(19)18-7-5-14(6-8-18)12(20)16-13(21)17-14/h1-4H,5-8H2,(H2,16,17,20,21). The van der Waals surface area contributed by atoms with E-state index in [1.807, 2.05) is 0 Å². The van der Waals surface area contributed by atoms with Crippen molar-refractivity contribution in [2.45, 2.75) is 18.4 Å². The first-order valence-electron chi connectivity index (χ1n) is 6.69. The second-order valence-corrected chi connectivity index (χ2v) is 5.67. The Kier molecular flexibility index (Phi) is 3.33. The van der Waals surface area contributed by atoms with E-state index in [4.69, 9.17) is 11.6 Å². The molecule has 3 rings (SSSR count). The number of urea groups is 1. The summed E-state index contributed by atoms with van der Waals surface area (Å²) in [6, 6.07) is 6.41. The molecule has 1 aromatic carbocycles. The first kappa shape index (κ1) is 13.9. The molecule has 2 fully saturated rings. The highest BCUT2D eigenvalue weighted by molar-refractivity contribution is 6.33. The molecule has 6 nitrogen and oxygen atoms in total. The normalized spacial score (nSPS) is 20.3. The van der Waals surface area contributed by atoms with Crippen LogP contribution in [0.1, 0.15) is 23.2 Å². The Hall–Kier alpha value is -2.08. The van der Waals surface area contributed by atoms with Crippen molar-refractivity contribution in [1.29, 1.82) is 0 Å². The minimum Gasteiger partial charge on any atom is -0.338 e. The second-order valence-electron chi connectivity index (χ2n) is 5.26. The Morgan fingerprint density at radius 3 is 2.43 bits per heavy atom. The largest absolute Gasteiger partial charge is 0.338 e. The maximum absolute atomic E-state index is 12.4. The van der Waals surface area contributed by atoms with Crippen LogP contribution in [0, 0.1) is 0 Å². The summed E-state index contributed by atoms with van der Waals surface area (Å²) in [6.07, 6.45) is 0.807. The molecule has 2 aliphatic rings. The molecule has 7 heteroatoms. The Bertz CT molecular complexity index is 624. The quantitative estimate of drug-likeness (QED) is 0.764. The summed E-state index contributed by atoms with van der Waals surface area (Å²) in [5.41, 5.74) is -0.413. The lowest BCUT2D eigenvalue weighted by atomic mass is 9.87. The number of halogens is 1. The van der Waals surface area contributed by atoms with Gasteiger partial charge in [-0.05, 0) is 25.0 Å². The summed E-state index contributed by atoms with van der Waals surface area (Å²) >= 11 is 6.03. The molecule has 2 heterocycles. The predicted molar refractivity (Wildman–Crippen MR) is 76.0 cm³/mol. The molecule has 0 aromatic heterocycles. The fourth-order valence-electron chi connectivity index (χ4n) is 2.78. The molecule has 110 valence electrons. The van der Waals surface area contributed by atoms with E-state index in [0.29, 0.717) is 36.5 Å². The number of carbonyl (C=O) groups excluding carboxylic acids is 3. The molecule has 0 unspecified atom stereocenters. The molecule has 0 radical (unpaired) electrons. The van der Waals surface area contributed by atoms with Gasteiger partial charge in [0, 0.05) is 13.1 Å². The Morgan fingerprint density at radius 2 is 1.86 bits per heavy atom. The van der Waals surface area contributed by atoms with Crippen molar-refractivity contribution in [3.05, 3.63) is 34.9 Å². The first-order chi connectivity index (χ1) is 10.0. The maximum Gasteiger partial charge on any atom is 0.322 e. The third-order valence-electron chi connectivity index (χ3n) is 4.02. The fourth-order valence-corrected chi connectivity index (χ4v) is 2.99. The summed E-state index contributed by atoms with van der Waals surface area (Å²) in [5.74, 6) is -0.461. The van der Waals surface area contributed by atoms with Crippen LogP contribution in [-0.4, -0.2) is 41.4 Å². The van der Waals surface area contributed by atoms with Crippen LogP contribution in [0.4, 0.5) is 4.79 Å². The van der Waals surface area contributed by atoms with E-state index in [1.54, 1.807) is 29.2 Å². The van der Waals surface area contributed by atoms with E-state index in [2.05, 4.69) is 10.6 Å². The molecule has 0 saturated carbocycles. The van der Waals surface area contributed by atoms with Crippen LogP contribution in [0.2, 0.25) is 5.02 Å². The third-order valence-corrected chi connectivity index (χ3v) is 4.35. The van der Waals surface area contributed by atoms with Crippen molar-refractivity contribution in [3.8, 4) is 0 Å². The SMILES string of the molecule is O=C1NC(=O)C2(CCN(C(=O)c3ccccc3Cl)CC2)N1. The molecule has 21 heavy (non-hydrogen) atoms. The van der Waals surface area contributed by atoms with Crippen molar-refractivity contribution >= 4 is 29.4 Å². The molecule has 0 aliphatic carbocycles. The topological polar surface area (TPSA) is 78.5 Å². The monoisotopic (exact) mass is 307 g/mol. The van der Waals surface area contributed by atoms with E-state index >= 15 is 0 Å². The van der Waals surface area contributed by atoms with Gasteiger partial charge < -0.3 is 10.2 Å². The van der Waals surface area contributed by atoms with Crippen LogP contribution in [-0.2, 0) is 4.79 Å². The van der Waals surface area contributed by atoms with Gasteiger partial charge in [-0.25, -0.2) is 4.79 Å². The fraction of sp³-hybridized carbons (Fsp3) is 0.357. The number of rotatable bonds is 1. The van der Waals surface area contributed by atoms with Crippen molar-refractivity contribution in [2.24, 2.45) is 0 Å². The van der Waals surface area contributed by atoms with Gasteiger partial charge in [-0.3, -0.25) is 14.9 Å². The number of hydrogen-bond donors (Lipinski definition) is 2. The van der Waals surface area contributed by atoms with Crippen molar-refractivity contribution in [2.75, 3.05) is 13.1 Å². The van der Waals surface area contributed by atoms with Crippen LogP contribution < -0.4 is 10.6 Å². The molecule has 0 bridgehead atoms. The molecular formula is C14H14ClN3O3. The van der Waals surface area contributed by atoms with Crippen LogP contribution in [0.5, 0.6) is 0 Å². The Morgan fingerprint density at radius 1 is 1.19 bits per heavy atom. The van der Waals surface area contributed by atoms with E-state index in [0.717, 1.165) is 0 Å².